The number of aryl methyl sites for hydroxylation is 2. The van der Waals surface area contributed by atoms with E-state index in [0.29, 0.717) is 12.4 Å². The summed E-state index contributed by atoms with van der Waals surface area (Å²) in [4.78, 5) is 25.2. The van der Waals surface area contributed by atoms with E-state index in [-0.39, 0.29) is 18.4 Å². The number of hydrogen-bond acceptors (Lipinski definition) is 5. The summed E-state index contributed by atoms with van der Waals surface area (Å²) in [5, 5.41) is 9.54. The van der Waals surface area contributed by atoms with Gasteiger partial charge in [-0.15, -0.1) is 11.3 Å². The van der Waals surface area contributed by atoms with E-state index in [2.05, 4.69) is 9.97 Å². The average Bonchev–Trinajstić information content (AvgIpc) is 3.00. The van der Waals surface area contributed by atoms with Crippen molar-refractivity contribution in [2.75, 3.05) is 13.1 Å². The number of amides is 1. The molecule has 1 N–H and O–H groups in total. The fourth-order valence-electron chi connectivity index (χ4n) is 3.08. The van der Waals surface area contributed by atoms with E-state index >= 15 is 0 Å². The van der Waals surface area contributed by atoms with E-state index < -0.39 is 0 Å². The molecule has 23 heavy (non-hydrogen) atoms. The Balaban J connectivity index is 1.81. The SMILES string of the molecule is Cc1ncc(CO)c(C2CCCN(C(=O)c3ccc(C)s3)C2)n1. The third-order valence-corrected chi connectivity index (χ3v) is 5.22. The highest BCUT2D eigenvalue weighted by Crippen LogP contribution is 2.29. The number of rotatable bonds is 3. The third-order valence-electron chi connectivity index (χ3n) is 4.24. The van der Waals surface area contributed by atoms with Crippen molar-refractivity contribution in [3.05, 3.63) is 45.2 Å². The van der Waals surface area contributed by atoms with Gasteiger partial charge in [-0.25, -0.2) is 9.97 Å². The largest absolute Gasteiger partial charge is 0.392 e. The molecule has 3 rings (SSSR count). The highest BCUT2D eigenvalue weighted by Gasteiger charge is 2.28. The molecule has 5 nitrogen and oxygen atoms in total. The standard InChI is InChI=1S/C17H21N3O2S/c1-11-5-6-15(23-11)17(22)20-7-3-4-13(9-20)16-14(10-21)8-18-12(2)19-16/h5-6,8,13,21H,3-4,7,9-10H2,1-2H3. The Hall–Kier alpha value is -1.79. The minimum absolute atomic E-state index is 0.0653. The van der Waals surface area contributed by atoms with Crippen molar-refractivity contribution in [3.8, 4) is 0 Å². The summed E-state index contributed by atoms with van der Waals surface area (Å²) in [6.45, 7) is 5.23. The van der Waals surface area contributed by atoms with Gasteiger partial charge in [-0.05, 0) is 38.8 Å². The van der Waals surface area contributed by atoms with Crippen LogP contribution in [0.25, 0.3) is 0 Å². The molecule has 1 aliphatic rings. The third kappa shape index (κ3) is 3.43. The van der Waals surface area contributed by atoms with Crippen molar-refractivity contribution in [2.45, 2.75) is 39.2 Å². The zero-order valence-electron chi connectivity index (χ0n) is 13.5. The molecule has 0 aromatic carbocycles. The summed E-state index contributed by atoms with van der Waals surface area (Å²) in [6, 6.07) is 3.89. The van der Waals surface area contributed by atoms with Crippen molar-refractivity contribution in [2.24, 2.45) is 0 Å². The lowest BCUT2D eigenvalue weighted by molar-refractivity contribution is 0.0710. The fraction of sp³-hybridized carbons (Fsp3) is 0.471. The Morgan fingerprint density at radius 1 is 1.43 bits per heavy atom. The minimum atomic E-state index is -0.0653. The highest BCUT2D eigenvalue weighted by atomic mass is 32.1. The van der Waals surface area contributed by atoms with Crippen LogP contribution < -0.4 is 0 Å². The van der Waals surface area contributed by atoms with Crippen molar-refractivity contribution >= 4 is 17.2 Å². The number of thiophene rings is 1. The van der Waals surface area contributed by atoms with Gasteiger partial charge in [-0.3, -0.25) is 4.79 Å². The number of piperidine rings is 1. The molecule has 122 valence electrons. The van der Waals surface area contributed by atoms with Crippen molar-refractivity contribution in [1.82, 2.24) is 14.9 Å². The van der Waals surface area contributed by atoms with Crippen LogP contribution in [0.4, 0.5) is 0 Å². The lowest BCUT2D eigenvalue weighted by Gasteiger charge is -2.33. The summed E-state index contributed by atoms with van der Waals surface area (Å²) < 4.78 is 0. The summed E-state index contributed by atoms with van der Waals surface area (Å²) in [5.41, 5.74) is 1.65. The van der Waals surface area contributed by atoms with Gasteiger partial charge in [0.05, 0.1) is 17.2 Å². The first kappa shape index (κ1) is 16.1. The first-order valence-electron chi connectivity index (χ1n) is 7.87. The molecule has 0 aliphatic carbocycles. The van der Waals surface area contributed by atoms with Crippen LogP contribution in [-0.4, -0.2) is 39.0 Å². The lowest BCUT2D eigenvalue weighted by Crippen LogP contribution is -2.39. The summed E-state index contributed by atoms with van der Waals surface area (Å²) in [5.74, 6) is 0.969. The predicted molar refractivity (Wildman–Crippen MR) is 89.6 cm³/mol. The number of hydrogen-bond donors (Lipinski definition) is 1. The zero-order valence-corrected chi connectivity index (χ0v) is 14.3. The molecular weight excluding hydrogens is 310 g/mol. The monoisotopic (exact) mass is 331 g/mol. The molecule has 0 bridgehead atoms. The quantitative estimate of drug-likeness (QED) is 0.939. The van der Waals surface area contributed by atoms with E-state index in [1.807, 2.05) is 30.9 Å². The van der Waals surface area contributed by atoms with Gasteiger partial charge in [0.2, 0.25) is 0 Å². The zero-order chi connectivity index (χ0) is 16.4. The molecule has 1 atom stereocenters. The van der Waals surface area contributed by atoms with Crippen molar-refractivity contribution in [3.63, 3.8) is 0 Å². The summed E-state index contributed by atoms with van der Waals surface area (Å²) in [7, 11) is 0. The highest BCUT2D eigenvalue weighted by molar-refractivity contribution is 7.13. The van der Waals surface area contributed by atoms with E-state index in [9.17, 15) is 9.90 Å². The van der Waals surface area contributed by atoms with Crippen molar-refractivity contribution < 1.29 is 9.90 Å². The molecule has 6 heteroatoms. The van der Waals surface area contributed by atoms with Gasteiger partial charge in [-0.1, -0.05) is 0 Å². The van der Waals surface area contributed by atoms with Crippen LogP contribution in [0.2, 0.25) is 0 Å². The molecule has 2 aromatic rings. The van der Waals surface area contributed by atoms with Crippen LogP contribution >= 0.6 is 11.3 Å². The van der Waals surface area contributed by atoms with E-state index in [1.54, 1.807) is 6.20 Å². The van der Waals surface area contributed by atoms with E-state index in [1.165, 1.54) is 11.3 Å². The number of carbonyl (C=O) groups is 1. The first-order valence-corrected chi connectivity index (χ1v) is 8.69. The van der Waals surface area contributed by atoms with E-state index in [4.69, 9.17) is 0 Å². The topological polar surface area (TPSA) is 66.3 Å². The Morgan fingerprint density at radius 2 is 2.26 bits per heavy atom. The number of carbonyl (C=O) groups excluding carboxylic acids is 1. The summed E-state index contributed by atoms with van der Waals surface area (Å²) >= 11 is 1.54. The second kappa shape index (κ2) is 6.76. The number of likely N-dealkylation sites (tertiary alicyclic amines) is 1. The Morgan fingerprint density at radius 3 is 2.96 bits per heavy atom. The fourth-order valence-corrected chi connectivity index (χ4v) is 3.91. The Labute approximate surface area is 140 Å². The average molecular weight is 331 g/mol. The number of aromatic nitrogens is 2. The van der Waals surface area contributed by atoms with Gasteiger partial charge in [-0.2, -0.15) is 0 Å². The second-order valence-electron chi connectivity index (χ2n) is 5.99. The molecule has 1 fully saturated rings. The van der Waals surface area contributed by atoms with Crippen LogP contribution in [0.15, 0.2) is 18.3 Å². The van der Waals surface area contributed by atoms with Crippen LogP contribution in [-0.2, 0) is 6.61 Å². The number of aliphatic hydroxyl groups excluding tert-OH is 1. The number of nitrogens with zero attached hydrogens (tertiary/aromatic N) is 3. The Kier molecular flexibility index (Phi) is 4.73. The minimum Gasteiger partial charge on any atom is -0.392 e. The van der Waals surface area contributed by atoms with Crippen LogP contribution in [0.3, 0.4) is 0 Å². The summed E-state index contributed by atoms with van der Waals surface area (Å²) in [6.07, 6.45) is 3.63. The molecule has 0 saturated carbocycles. The number of aliphatic hydroxyl groups is 1. The van der Waals surface area contributed by atoms with Crippen molar-refractivity contribution in [1.29, 1.82) is 0 Å². The Bertz CT molecular complexity index is 714. The molecule has 0 radical (unpaired) electrons. The maximum atomic E-state index is 12.7. The maximum Gasteiger partial charge on any atom is 0.263 e. The molecule has 1 aliphatic heterocycles. The van der Waals surface area contributed by atoms with Crippen LogP contribution in [0, 0.1) is 13.8 Å². The van der Waals surface area contributed by atoms with Gasteiger partial charge >= 0.3 is 0 Å². The van der Waals surface area contributed by atoms with Gasteiger partial charge in [0.1, 0.15) is 5.82 Å². The van der Waals surface area contributed by atoms with Crippen LogP contribution in [0.1, 0.15) is 50.4 Å². The molecule has 0 spiro atoms. The molecule has 3 heterocycles. The smallest absolute Gasteiger partial charge is 0.263 e. The van der Waals surface area contributed by atoms with Crippen LogP contribution in [0.5, 0.6) is 0 Å². The normalized spacial score (nSPS) is 18.2. The predicted octanol–water partition coefficient (Wildman–Crippen LogP) is 2.67. The van der Waals surface area contributed by atoms with Gasteiger partial charge in [0.25, 0.3) is 5.91 Å². The first-order chi connectivity index (χ1) is 11.1. The molecule has 2 aromatic heterocycles. The molecular formula is C17H21N3O2S. The molecule has 1 saturated heterocycles. The van der Waals surface area contributed by atoms with Gasteiger partial charge < -0.3 is 10.0 Å². The maximum absolute atomic E-state index is 12.7. The molecule has 1 unspecified atom stereocenters. The van der Waals surface area contributed by atoms with Gasteiger partial charge in [0.15, 0.2) is 0 Å². The molecule has 1 amide bonds. The lowest BCUT2D eigenvalue weighted by atomic mass is 9.92. The second-order valence-corrected chi connectivity index (χ2v) is 7.27. The van der Waals surface area contributed by atoms with Gasteiger partial charge in [0, 0.05) is 35.6 Å². The van der Waals surface area contributed by atoms with E-state index in [0.717, 1.165) is 40.4 Å².